The van der Waals surface area contributed by atoms with Crippen LogP contribution in [-0.2, 0) is 6.54 Å². The Bertz CT molecular complexity index is 376. The molecule has 0 aliphatic rings. The lowest BCUT2D eigenvalue weighted by Gasteiger charge is -2.03. The quantitative estimate of drug-likeness (QED) is 0.674. The monoisotopic (exact) mass is 170 g/mol. The van der Waals surface area contributed by atoms with Gasteiger partial charge in [0.15, 0.2) is 0 Å². The van der Waals surface area contributed by atoms with Crippen molar-refractivity contribution >= 4 is 0 Å². The third-order valence-corrected chi connectivity index (χ3v) is 1.94. The van der Waals surface area contributed by atoms with Crippen molar-refractivity contribution in [2.75, 3.05) is 0 Å². The number of hydrogen-bond donors (Lipinski definition) is 0. The van der Waals surface area contributed by atoms with Crippen LogP contribution in [0.5, 0.6) is 0 Å². The van der Waals surface area contributed by atoms with Gasteiger partial charge in [0.25, 0.3) is 0 Å². The molecule has 0 atom stereocenters. The largest absolute Gasteiger partial charge is 0.330 e. The lowest BCUT2D eigenvalue weighted by atomic mass is 10.2. The van der Waals surface area contributed by atoms with Crippen molar-refractivity contribution in [1.29, 1.82) is 0 Å². The third kappa shape index (κ3) is 1.78. The molecule has 0 saturated heterocycles. The normalized spacial score (nSPS) is 10.2. The van der Waals surface area contributed by atoms with Gasteiger partial charge in [-0.2, -0.15) is 0 Å². The molecular weight excluding hydrogens is 160 g/mol. The lowest BCUT2D eigenvalue weighted by Crippen LogP contribution is -1.99. The highest BCUT2D eigenvalue weighted by molar-refractivity contribution is 5.16. The smallest absolute Gasteiger partial charge is 0.0951 e. The lowest BCUT2D eigenvalue weighted by molar-refractivity contribution is 0.783. The molecule has 1 heterocycles. The van der Waals surface area contributed by atoms with Crippen molar-refractivity contribution in [3.8, 4) is 0 Å². The van der Waals surface area contributed by atoms with Crippen LogP contribution in [0, 0.1) is 6.92 Å². The minimum absolute atomic E-state index is 0.698. The highest BCUT2D eigenvalue weighted by Gasteiger charge is 1.96. The van der Waals surface area contributed by atoms with Gasteiger partial charge in [-0.25, -0.2) is 4.98 Å². The zero-order valence-electron chi connectivity index (χ0n) is 7.22. The van der Waals surface area contributed by atoms with Crippen LogP contribution >= 0.6 is 0 Å². The van der Waals surface area contributed by atoms with E-state index in [2.05, 4.69) is 17.1 Å². The van der Waals surface area contributed by atoms with E-state index in [1.54, 1.807) is 12.5 Å². The van der Waals surface area contributed by atoms with Crippen molar-refractivity contribution in [2.45, 2.75) is 6.54 Å². The Hall–Kier alpha value is -1.57. The average molecular weight is 170 g/mol. The van der Waals surface area contributed by atoms with Gasteiger partial charge in [0, 0.05) is 25.4 Å². The first-order valence-electron chi connectivity index (χ1n) is 4.16. The van der Waals surface area contributed by atoms with Crippen LogP contribution in [0.25, 0.3) is 0 Å². The van der Waals surface area contributed by atoms with Gasteiger partial charge in [-0.1, -0.05) is 30.3 Å². The third-order valence-electron chi connectivity index (χ3n) is 1.94. The molecule has 0 unspecified atom stereocenters. The molecule has 0 saturated carbocycles. The molecule has 0 amide bonds. The predicted octanol–water partition coefficient (Wildman–Crippen LogP) is 1.99. The Morgan fingerprint density at radius 2 is 2.00 bits per heavy atom. The van der Waals surface area contributed by atoms with Crippen molar-refractivity contribution < 1.29 is 0 Å². The second-order valence-corrected chi connectivity index (χ2v) is 2.93. The zero-order valence-corrected chi connectivity index (χ0v) is 7.22. The fourth-order valence-corrected chi connectivity index (χ4v) is 1.24. The molecule has 0 N–H and O–H groups in total. The van der Waals surface area contributed by atoms with Gasteiger partial charge < -0.3 is 4.57 Å². The van der Waals surface area contributed by atoms with Crippen molar-refractivity contribution in [2.24, 2.45) is 0 Å². The van der Waals surface area contributed by atoms with Gasteiger partial charge in [0.05, 0.1) is 6.33 Å². The molecular formula is C11H10N2. The average Bonchev–Trinajstić information content (AvgIpc) is 2.54. The molecule has 2 aromatic rings. The van der Waals surface area contributed by atoms with Gasteiger partial charge in [0.2, 0.25) is 0 Å². The maximum Gasteiger partial charge on any atom is 0.0951 e. The summed E-state index contributed by atoms with van der Waals surface area (Å²) in [4.78, 5) is 3.96. The van der Waals surface area contributed by atoms with Crippen LogP contribution in [0.15, 0.2) is 42.9 Å². The molecule has 0 aliphatic heterocycles. The Kier molecular flexibility index (Phi) is 2.13. The molecule has 0 bridgehead atoms. The Labute approximate surface area is 77.9 Å². The van der Waals surface area contributed by atoms with Crippen molar-refractivity contribution in [3.05, 3.63) is 61.0 Å². The first-order valence-corrected chi connectivity index (χ1v) is 4.16. The minimum atomic E-state index is 0.698. The maximum atomic E-state index is 5.69. The van der Waals surface area contributed by atoms with E-state index >= 15 is 0 Å². The number of imidazole rings is 1. The second kappa shape index (κ2) is 3.44. The van der Waals surface area contributed by atoms with Gasteiger partial charge in [-0.05, 0) is 5.56 Å². The van der Waals surface area contributed by atoms with Crippen LogP contribution in [0.3, 0.4) is 0 Å². The Balaban J connectivity index is 2.20. The Morgan fingerprint density at radius 1 is 1.23 bits per heavy atom. The molecule has 1 aromatic heterocycles. The van der Waals surface area contributed by atoms with Crippen molar-refractivity contribution in [3.63, 3.8) is 0 Å². The van der Waals surface area contributed by atoms with Crippen LogP contribution in [-0.4, -0.2) is 9.55 Å². The minimum Gasteiger partial charge on any atom is -0.330 e. The number of aromatic nitrogens is 2. The van der Waals surface area contributed by atoms with Gasteiger partial charge in [0.1, 0.15) is 0 Å². The van der Waals surface area contributed by atoms with E-state index in [0.717, 1.165) is 6.54 Å². The molecule has 64 valence electrons. The summed E-state index contributed by atoms with van der Waals surface area (Å²) in [5, 5.41) is 0. The van der Waals surface area contributed by atoms with E-state index in [1.807, 2.05) is 22.8 Å². The van der Waals surface area contributed by atoms with Crippen LogP contribution in [0.1, 0.15) is 11.3 Å². The highest BCUT2D eigenvalue weighted by atomic mass is 15.0. The standard InChI is InChI=1S/C11H10N2/c1-10-7-12-9-13(10)8-11-5-3-2-4-6-11/h1-7,9H,8H2. The molecule has 13 heavy (non-hydrogen) atoms. The van der Waals surface area contributed by atoms with Gasteiger partial charge >= 0.3 is 0 Å². The van der Waals surface area contributed by atoms with E-state index < -0.39 is 0 Å². The molecule has 2 radical (unpaired) electrons. The zero-order chi connectivity index (χ0) is 9.10. The fraction of sp³-hybridized carbons (Fsp3) is 0.0909. The summed E-state index contributed by atoms with van der Waals surface area (Å²) >= 11 is 0. The van der Waals surface area contributed by atoms with E-state index in [4.69, 9.17) is 6.92 Å². The molecule has 0 fully saturated rings. The number of hydrogen-bond acceptors (Lipinski definition) is 1. The summed E-state index contributed by atoms with van der Waals surface area (Å²) in [6, 6.07) is 10.2. The fourth-order valence-electron chi connectivity index (χ4n) is 1.24. The topological polar surface area (TPSA) is 17.8 Å². The van der Waals surface area contributed by atoms with Crippen LogP contribution < -0.4 is 0 Å². The Morgan fingerprint density at radius 3 is 2.62 bits per heavy atom. The summed E-state index contributed by atoms with van der Waals surface area (Å²) in [5.74, 6) is 0. The first kappa shape index (κ1) is 8.05. The molecule has 0 spiro atoms. The number of nitrogens with zero attached hydrogens (tertiary/aromatic N) is 2. The number of benzene rings is 1. The SMILES string of the molecule is [CH]c1cncn1Cc1ccccc1. The predicted molar refractivity (Wildman–Crippen MR) is 51.2 cm³/mol. The summed E-state index contributed by atoms with van der Waals surface area (Å²) < 4.78 is 1.91. The van der Waals surface area contributed by atoms with E-state index in [0.29, 0.717) is 5.69 Å². The molecule has 0 aliphatic carbocycles. The first-order chi connectivity index (χ1) is 6.36. The van der Waals surface area contributed by atoms with E-state index in [9.17, 15) is 0 Å². The number of rotatable bonds is 2. The summed E-state index contributed by atoms with van der Waals surface area (Å²) in [7, 11) is 0. The van der Waals surface area contributed by atoms with E-state index in [1.165, 1.54) is 5.56 Å². The molecule has 2 heteroatoms. The van der Waals surface area contributed by atoms with Gasteiger partial charge in [-0.3, -0.25) is 0 Å². The summed E-state index contributed by atoms with van der Waals surface area (Å²) in [6.45, 7) is 6.47. The highest BCUT2D eigenvalue weighted by Crippen LogP contribution is 2.04. The molecule has 2 rings (SSSR count). The molecule has 2 nitrogen and oxygen atoms in total. The van der Waals surface area contributed by atoms with Crippen molar-refractivity contribution in [1.82, 2.24) is 9.55 Å². The van der Waals surface area contributed by atoms with Crippen LogP contribution in [0.2, 0.25) is 0 Å². The summed E-state index contributed by atoms with van der Waals surface area (Å²) in [5.41, 5.74) is 1.93. The van der Waals surface area contributed by atoms with Gasteiger partial charge in [-0.15, -0.1) is 0 Å². The second-order valence-electron chi connectivity index (χ2n) is 2.93. The maximum absolute atomic E-state index is 5.69. The van der Waals surface area contributed by atoms with E-state index in [-0.39, 0.29) is 0 Å². The van der Waals surface area contributed by atoms with Crippen LogP contribution in [0.4, 0.5) is 0 Å². The summed E-state index contributed by atoms with van der Waals surface area (Å²) in [6.07, 6.45) is 3.39. The molecule has 1 aromatic carbocycles.